The van der Waals surface area contributed by atoms with Gasteiger partial charge < -0.3 is 0 Å². The first-order chi connectivity index (χ1) is 6.22. The maximum atomic E-state index is 11.3. The highest BCUT2D eigenvalue weighted by atomic mass is 79.9. The fourth-order valence-corrected chi connectivity index (χ4v) is 1.76. The normalized spacial score (nSPS) is 14.9. The average molecular weight is 241 g/mol. The van der Waals surface area contributed by atoms with Crippen molar-refractivity contribution in [3.63, 3.8) is 0 Å². The molecular formula is C9H9BrN2O. The number of fused-ring (bicyclic) bond motifs is 1. The topological polar surface area (TPSA) is 33.2 Å². The van der Waals surface area contributed by atoms with E-state index in [2.05, 4.69) is 20.9 Å². The van der Waals surface area contributed by atoms with E-state index >= 15 is 0 Å². The quantitative estimate of drug-likeness (QED) is 0.698. The zero-order valence-corrected chi connectivity index (χ0v) is 8.84. The summed E-state index contributed by atoms with van der Waals surface area (Å²) in [6, 6.07) is 2.03. The van der Waals surface area contributed by atoms with E-state index < -0.39 is 0 Å². The van der Waals surface area contributed by atoms with E-state index in [0.717, 1.165) is 22.3 Å². The molecule has 0 unspecified atom stereocenters. The van der Waals surface area contributed by atoms with E-state index in [-0.39, 0.29) is 5.91 Å². The van der Waals surface area contributed by atoms with Gasteiger partial charge in [0.15, 0.2) is 0 Å². The number of pyridine rings is 1. The lowest BCUT2D eigenvalue weighted by molar-refractivity contribution is -0.117. The molecule has 0 aromatic carbocycles. The molecule has 2 rings (SSSR count). The molecule has 68 valence electrons. The molecule has 0 fully saturated rings. The molecule has 0 spiro atoms. The summed E-state index contributed by atoms with van der Waals surface area (Å²) in [5.41, 5.74) is 2.14. The monoisotopic (exact) mass is 240 g/mol. The molecule has 0 saturated heterocycles. The number of aromatic nitrogens is 1. The van der Waals surface area contributed by atoms with Crippen LogP contribution in [-0.2, 0) is 16.5 Å². The van der Waals surface area contributed by atoms with Crippen LogP contribution in [0.15, 0.2) is 12.3 Å². The lowest BCUT2D eigenvalue weighted by atomic mass is 10.2. The first kappa shape index (κ1) is 8.69. The van der Waals surface area contributed by atoms with Crippen LogP contribution < -0.4 is 4.90 Å². The smallest absolute Gasteiger partial charge is 0.232 e. The number of alkyl halides is 1. The molecule has 0 aliphatic carbocycles. The Hall–Kier alpha value is -0.900. The number of nitrogens with zero attached hydrogens (tertiary/aromatic N) is 2. The summed E-state index contributed by atoms with van der Waals surface area (Å²) in [6.07, 6.45) is 2.28. The Balaban J connectivity index is 2.46. The van der Waals surface area contributed by atoms with Gasteiger partial charge in [0.05, 0.1) is 6.42 Å². The molecule has 0 saturated carbocycles. The molecule has 0 radical (unpaired) electrons. The Morgan fingerprint density at radius 1 is 1.69 bits per heavy atom. The van der Waals surface area contributed by atoms with Crippen LogP contribution in [0, 0.1) is 0 Å². The van der Waals surface area contributed by atoms with Gasteiger partial charge in [-0.2, -0.15) is 0 Å². The highest BCUT2D eigenvalue weighted by molar-refractivity contribution is 9.08. The molecule has 0 bridgehead atoms. The van der Waals surface area contributed by atoms with Crippen LogP contribution in [0.2, 0.25) is 0 Å². The van der Waals surface area contributed by atoms with Gasteiger partial charge in [-0.15, -0.1) is 0 Å². The average Bonchev–Trinajstić information content (AvgIpc) is 2.42. The van der Waals surface area contributed by atoms with Gasteiger partial charge in [-0.05, 0) is 11.6 Å². The van der Waals surface area contributed by atoms with Gasteiger partial charge in [-0.25, -0.2) is 4.98 Å². The molecule has 2 heterocycles. The predicted octanol–water partition coefficient (Wildman–Crippen LogP) is 1.50. The van der Waals surface area contributed by atoms with E-state index in [4.69, 9.17) is 0 Å². The van der Waals surface area contributed by atoms with Crippen molar-refractivity contribution in [3.8, 4) is 0 Å². The van der Waals surface area contributed by atoms with E-state index in [1.165, 1.54) is 0 Å². The van der Waals surface area contributed by atoms with Gasteiger partial charge >= 0.3 is 0 Å². The van der Waals surface area contributed by atoms with Gasteiger partial charge in [-0.3, -0.25) is 9.69 Å². The van der Waals surface area contributed by atoms with Crippen molar-refractivity contribution in [2.24, 2.45) is 0 Å². The highest BCUT2D eigenvalue weighted by Crippen LogP contribution is 2.25. The Morgan fingerprint density at radius 3 is 3.15 bits per heavy atom. The van der Waals surface area contributed by atoms with Crippen molar-refractivity contribution in [1.29, 1.82) is 0 Å². The minimum absolute atomic E-state index is 0.120. The zero-order chi connectivity index (χ0) is 9.42. The minimum Gasteiger partial charge on any atom is -0.299 e. The molecular weight excluding hydrogens is 232 g/mol. The lowest BCUT2D eigenvalue weighted by Gasteiger charge is -2.08. The molecule has 4 heteroatoms. The number of carbonyl (C=O) groups excluding carboxylic acids is 1. The number of carbonyl (C=O) groups is 1. The van der Waals surface area contributed by atoms with E-state index in [0.29, 0.717) is 6.42 Å². The summed E-state index contributed by atoms with van der Waals surface area (Å²) in [6.45, 7) is 0. The molecule has 13 heavy (non-hydrogen) atoms. The summed E-state index contributed by atoms with van der Waals surface area (Å²) < 4.78 is 0. The van der Waals surface area contributed by atoms with Crippen LogP contribution in [0.5, 0.6) is 0 Å². The summed E-state index contributed by atoms with van der Waals surface area (Å²) in [5.74, 6) is 0.920. The summed E-state index contributed by atoms with van der Waals surface area (Å²) in [4.78, 5) is 17.1. The van der Waals surface area contributed by atoms with Crippen molar-refractivity contribution in [1.82, 2.24) is 4.98 Å². The third-order valence-corrected chi connectivity index (χ3v) is 2.83. The number of rotatable bonds is 1. The van der Waals surface area contributed by atoms with E-state index in [1.807, 2.05) is 6.07 Å². The minimum atomic E-state index is 0.120. The molecule has 1 aliphatic heterocycles. The molecule has 1 aromatic rings. The summed E-state index contributed by atoms with van der Waals surface area (Å²) in [5, 5.41) is 0.783. The molecule has 1 amide bonds. The van der Waals surface area contributed by atoms with Gasteiger partial charge in [0.1, 0.15) is 5.82 Å². The Kier molecular flexibility index (Phi) is 2.07. The van der Waals surface area contributed by atoms with Crippen LogP contribution in [0.25, 0.3) is 0 Å². The predicted molar refractivity (Wildman–Crippen MR) is 54.0 cm³/mol. The Labute approximate surface area is 84.9 Å². The first-order valence-electron chi connectivity index (χ1n) is 4.02. The molecule has 3 nitrogen and oxygen atoms in total. The van der Waals surface area contributed by atoms with Crippen molar-refractivity contribution in [2.75, 3.05) is 11.9 Å². The lowest BCUT2D eigenvalue weighted by Crippen LogP contribution is -2.21. The number of anilines is 1. The second-order valence-corrected chi connectivity index (χ2v) is 3.65. The summed E-state index contributed by atoms with van der Waals surface area (Å²) >= 11 is 3.36. The van der Waals surface area contributed by atoms with Crippen molar-refractivity contribution >= 4 is 27.7 Å². The van der Waals surface area contributed by atoms with Gasteiger partial charge in [0.25, 0.3) is 0 Å². The third-order valence-electron chi connectivity index (χ3n) is 2.19. The van der Waals surface area contributed by atoms with E-state index in [9.17, 15) is 4.79 Å². The second-order valence-electron chi connectivity index (χ2n) is 3.09. The summed E-state index contributed by atoms with van der Waals surface area (Å²) in [7, 11) is 1.76. The van der Waals surface area contributed by atoms with Gasteiger partial charge in [0, 0.05) is 24.1 Å². The highest BCUT2D eigenvalue weighted by Gasteiger charge is 2.25. The van der Waals surface area contributed by atoms with Crippen LogP contribution in [0.3, 0.4) is 0 Å². The van der Waals surface area contributed by atoms with E-state index in [1.54, 1.807) is 18.1 Å². The largest absolute Gasteiger partial charge is 0.299 e. The Bertz CT molecular complexity index is 365. The van der Waals surface area contributed by atoms with Crippen molar-refractivity contribution in [3.05, 3.63) is 23.4 Å². The Morgan fingerprint density at radius 2 is 2.46 bits per heavy atom. The molecule has 1 aliphatic rings. The maximum Gasteiger partial charge on any atom is 0.232 e. The van der Waals surface area contributed by atoms with Gasteiger partial charge in [-0.1, -0.05) is 15.9 Å². The fraction of sp³-hybridized carbons (Fsp3) is 0.333. The van der Waals surface area contributed by atoms with Gasteiger partial charge in [0.2, 0.25) is 5.91 Å². The zero-order valence-electron chi connectivity index (χ0n) is 7.25. The number of halogens is 1. The molecule has 1 aromatic heterocycles. The fourth-order valence-electron chi connectivity index (χ4n) is 1.46. The second kappa shape index (κ2) is 3.10. The number of hydrogen-bond donors (Lipinski definition) is 0. The number of hydrogen-bond acceptors (Lipinski definition) is 2. The number of amides is 1. The third kappa shape index (κ3) is 1.35. The van der Waals surface area contributed by atoms with Crippen LogP contribution in [-0.4, -0.2) is 17.9 Å². The van der Waals surface area contributed by atoms with Crippen molar-refractivity contribution < 1.29 is 4.79 Å². The maximum absolute atomic E-state index is 11.3. The SMILES string of the molecule is CN1C(=O)Cc2cc(CBr)cnc21. The number of likely N-dealkylation sites (N-methyl/N-ethyl adjacent to an activating group) is 1. The van der Waals surface area contributed by atoms with Crippen LogP contribution >= 0.6 is 15.9 Å². The first-order valence-corrected chi connectivity index (χ1v) is 5.15. The van der Waals surface area contributed by atoms with Crippen LogP contribution in [0.4, 0.5) is 5.82 Å². The molecule has 0 atom stereocenters. The molecule has 0 N–H and O–H groups in total. The van der Waals surface area contributed by atoms with Crippen molar-refractivity contribution in [2.45, 2.75) is 11.8 Å². The standard InChI is InChI=1S/C9H9BrN2O/c1-12-8(13)3-7-2-6(4-10)5-11-9(7)12/h2,5H,3-4H2,1H3. The van der Waals surface area contributed by atoms with Crippen LogP contribution in [0.1, 0.15) is 11.1 Å².